The number of aliphatic carboxylic acids is 1. The van der Waals surface area contributed by atoms with Gasteiger partial charge in [0.15, 0.2) is 0 Å². The van der Waals surface area contributed by atoms with Crippen molar-refractivity contribution in [2.45, 2.75) is 32.6 Å². The van der Waals surface area contributed by atoms with Gasteiger partial charge in [-0.05, 0) is 38.0 Å². The van der Waals surface area contributed by atoms with Crippen LogP contribution in [0, 0.1) is 6.92 Å². The Hall–Kier alpha value is -3.23. The Labute approximate surface area is 208 Å². The second-order valence-electron chi connectivity index (χ2n) is 8.12. The van der Waals surface area contributed by atoms with Gasteiger partial charge in [0, 0.05) is 30.3 Å². The zero-order valence-corrected chi connectivity index (χ0v) is 20.4. The molecule has 1 amide bonds. The van der Waals surface area contributed by atoms with Gasteiger partial charge in [-0.25, -0.2) is 4.68 Å². The molecule has 1 saturated heterocycles. The van der Waals surface area contributed by atoms with E-state index in [0.29, 0.717) is 28.6 Å². The van der Waals surface area contributed by atoms with Gasteiger partial charge < -0.3 is 5.11 Å². The number of hydrogen-bond acceptors (Lipinski definition) is 5. The fourth-order valence-electron chi connectivity index (χ4n) is 3.70. The Morgan fingerprint density at radius 3 is 2.53 bits per heavy atom. The molecule has 34 heavy (non-hydrogen) atoms. The van der Waals surface area contributed by atoms with Crippen molar-refractivity contribution in [2.24, 2.45) is 0 Å². The zero-order chi connectivity index (χ0) is 24.1. The predicted octanol–water partition coefficient (Wildman–Crippen LogP) is 5.69. The number of amides is 1. The number of thiocarbonyl (C=S) groups is 1. The summed E-state index contributed by atoms with van der Waals surface area (Å²) in [6.45, 7) is 2.54. The number of aryl methyl sites for hydroxylation is 1. The van der Waals surface area contributed by atoms with E-state index in [2.05, 4.69) is 0 Å². The van der Waals surface area contributed by atoms with E-state index in [9.17, 15) is 9.59 Å². The number of aromatic nitrogens is 2. The second kappa shape index (κ2) is 10.8. The molecule has 0 bridgehead atoms. The first kappa shape index (κ1) is 23.9. The van der Waals surface area contributed by atoms with Crippen molar-refractivity contribution in [2.75, 3.05) is 6.54 Å². The summed E-state index contributed by atoms with van der Waals surface area (Å²) < 4.78 is 2.35. The molecule has 1 aromatic heterocycles. The van der Waals surface area contributed by atoms with Gasteiger partial charge in [0.05, 0.1) is 16.3 Å². The predicted molar refractivity (Wildman–Crippen MR) is 140 cm³/mol. The molecule has 0 aliphatic carbocycles. The van der Waals surface area contributed by atoms with Crippen molar-refractivity contribution in [3.8, 4) is 16.9 Å². The first-order valence-corrected chi connectivity index (χ1v) is 12.3. The molecular weight excluding hydrogens is 466 g/mol. The number of thioether (sulfide) groups is 1. The Morgan fingerprint density at radius 1 is 1.09 bits per heavy atom. The van der Waals surface area contributed by atoms with Crippen molar-refractivity contribution < 1.29 is 14.7 Å². The smallest absolute Gasteiger partial charge is 0.303 e. The van der Waals surface area contributed by atoms with Gasteiger partial charge in [-0.15, -0.1) is 0 Å². The second-order valence-corrected chi connectivity index (χ2v) is 9.79. The normalized spacial score (nSPS) is 14.9. The number of benzene rings is 2. The average Bonchev–Trinajstić information content (AvgIpc) is 3.36. The first-order chi connectivity index (χ1) is 16.4. The van der Waals surface area contributed by atoms with Crippen LogP contribution in [0.25, 0.3) is 23.0 Å². The van der Waals surface area contributed by atoms with Crippen LogP contribution in [0.15, 0.2) is 65.7 Å². The quantitative estimate of drug-likeness (QED) is 0.235. The summed E-state index contributed by atoms with van der Waals surface area (Å²) >= 11 is 6.76. The van der Waals surface area contributed by atoms with E-state index in [1.807, 2.05) is 78.5 Å². The van der Waals surface area contributed by atoms with Gasteiger partial charge in [-0.1, -0.05) is 78.4 Å². The number of para-hydroxylation sites is 1. The van der Waals surface area contributed by atoms with E-state index in [-0.39, 0.29) is 12.3 Å². The van der Waals surface area contributed by atoms with Crippen LogP contribution in [0.4, 0.5) is 0 Å². The highest BCUT2D eigenvalue weighted by molar-refractivity contribution is 8.26. The van der Waals surface area contributed by atoms with E-state index in [0.717, 1.165) is 34.5 Å². The molecule has 174 valence electrons. The maximum Gasteiger partial charge on any atom is 0.303 e. The van der Waals surface area contributed by atoms with Gasteiger partial charge in [0.25, 0.3) is 5.91 Å². The fraction of sp³-hybridized carbons (Fsp3) is 0.231. The number of carbonyl (C=O) groups is 2. The van der Waals surface area contributed by atoms with Crippen LogP contribution in [0.5, 0.6) is 0 Å². The van der Waals surface area contributed by atoms with Gasteiger partial charge in [0.1, 0.15) is 4.32 Å². The van der Waals surface area contributed by atoms with Crippen LogP contribution in [-0.2, 0) is 9.59 Å². The Balaban J connectivity index is 1.59. The highest BCUT2D eigenvalue weighted by Crippen LogP contribution is 2.35. The Kier molecular flexibility index (Phi) is 7.59. The van der Waals surface area contributed by atoms with Crippen molar-refractivity contribution in [1.82, 2.24) is 14.7 Å². The molecule has 6 nitrogen and oxygen atoms in total. The minimum atomic E-state index is -0.797. The largest absolute Gasteiger partial charge is 0.481 e. The van der Waals surface area contributed by atoms with E-state index in [1.54, 1.807) is 4.90 Å². The zero-order valence-electron chi connectivity index (χ0n) is 18.8. The average molecular weight is 492 g/mol. The molecule has 0 radical (unpaired) electrons. The van der Waals surface area contributed by atoms with Gasteiger partial charge >= 0.3 is 5.97 Å². The van der Waals surface area contributed by atoms with Crippen molar-refractivity contribution in [3.63, 3.8) is 0 Å². The van der Waals surface area contributed by atoms with Crippen LogP contribution in [0.3, 0.4) is 0 Å². The lowest BCUT2D eigenvalue weighted by atomic mass is 10.1. The summed E-state index contributed by atoms with van der Waals surface area (Å²) in [6, 6.07) is 18.0. The molecule has 4 rings (SSSR count). The van der Waals surface area contributed by atoms with Crippen molar-refractivity contribution in [3.05, 3.63) is 76.8 Å². The number of carboxylic acid groups (broad SMARTS) is 1. The minimum absolute atomic E-state index is 0.115. The molecule has 0 spiro atoms. The van der Waals surface area contributed by atoms with Crippen LogP contribution in [-0.4, -0.2) is 42.5 Å². The third-order valence-corrected chi connectivity index (χ3v) is 6.90. The van der Waals surface area contributed by atoms with Crippen LogP contribution < -0.4 is 0 Å². The third-order valence-electron chi connectivity index (χ3n) is 5.52. The molecule has 0 saturated carbocycles. The summed E-state index contributed by atoms with van der Waals surface area (Å²) in [4.78, 5) is 25.9. The summed E-state index contributed by atoms with van der Waals surface area (Å²) in [7, 11) is 0. The molecule has 1 N–H and O–H groups in total. The summed E-state index contributed by atoms with van der Waals surface area (Å²) in [5.74, 6) is -0.912. The third kappa shape index (κ3) is 5.63. The van der Waals surface area contributed by atoms with Crippen molar-refractivity contribution in [1.29, 1.82) is 0 Å². The Morgan fingerprint density at radius 2 is 1.82 bits per heavy atom. The number of carboxylic acids is 1. The van der Waals surface area contributed by atoms with E-state index < -0.39 is 5.97 Å². The highest BCUT2D eigenvalue weighted by Gasteiger charge is 2.32. The van der Waals surface area contributed by atoms with Crippen LogP contribution in [0.2, 0.25) is 0 Å². The number of carbonyl (C=O) groups excluding carboxylic acids is 1. The SMILES string of the molecule is Cc1ccc(-c2nn(-c3ccccc3)cc2C=C2SC(=S)N(CCCCCC(=O)O)C2=O)cc1. The maximum atomic E-state index is 13.1. The molecule has 2 aromatic carbocycles. The molecular formula is C26H25N3O3S2. The monoisotopic (exact) mass is 491 g/mol. The van der Waals surface area contributed by atoms with Crippen LogP contribution in [0.1, 0.15) is 36.8 Å². The maximum absolute atomic E-state index is 13.1. The highest BCUT2D eigenvalue weighted by atomic mass is 32.2. The van der Waals surface area contributed by atoms with Gasteiger partial charge in [-0.3, -0.25) is 14.5 Å². The van der Waals surface area contributed by atoms with E-state index in [1.165, 1.54) is 11.8 Å². The number of hydrogen-bond donors (Lipinski definition) is 1. The lowest BCUT2D eigenvalue weighted by Crippen LogP contribution is -2.29. The fourth-order valence-corrected chi connectivity index (χ4v) is 5.00. The number of rotatable bonds is 9. The van der Waals surface area contributed by atoms with E-state index >= 15 is 0 Å². The summed E-state index contributed by atoms with van der Waals surface area (Å²) in [6.07, 6.45) is 6.00. The summed E-state index contributed by atoms with van der Waals surface area (Å²) in [5, 5.41) is 13.6. The number of nitrogens with zero attached hydrogens (tertiary/aromatic N) is 3. The summed E-state index contributed by atoms with van der Waals surface area (Å²) in [5.41, 5.74) is 4.71. The first-order valence-electron chi connectivity index (χ1n) is 11.1. The molecule has 8 heteroatoms. The molecule has 2 heterocycles. The molecule has 1 fully saturated rings. The standard InChI is InChI=1S/C26H25N3O3S2/c1-18-11-13-19(14-12-18)24-20(17-29(27-24)21-8-4-2-5-9-21)16-22-25(32)28(26(33)34-22)15-7-3-6-10-23(30)31/h2,4-5,8-9,11-14,16-17H,3,6-7,10,15H2,1H3,(H,30,31). The van der Waals surface area contributed by atoms with Gasteiger partial charge in [0.2, 0.25) is 0 Å². The molecule has 0 unspecified atom stereocenters. The lowest BCUT2D eigenvalue weighted by molar-refractivity contribution is -0.137. The Bertz CT molecular complexity index is 1230. The molecule has 1 aliphatic heterocycles. The molecule has 3 aromatic rings. The topological polar surface area (TPSA) is 75.4 Å². The van der Waals surface area contributed by atoms with Crippen LogP contribution >= 0.6 is 24.0 Å². The minimum Gasteiger partial charge on any atom is -0.481 e. The molecule has 0 atom stereocenters. The lowest BCUT2D eigenvalue weighted by Gasteiger charge is -2.13. The van der Waals surface area contributed by atoms with E-state index in [4.69, 9.17) is 22.4 Å². The van der Waals surface area contributed by atoms with Crippen molar-refractivity contribution >= 4 is 46.3 Å². The number of unbranched alkanes of at least 4 members (excludes halogenated alkanes) is 2. The van der Waals surface area contributed by atoms with Gasteiger partial charge in [-0.2, -0.15) is 5.10 Å². The molecule has 1 aliphatic rings.